The number of hydrogen-bond donors (Lipinski definition) is 1. The van der Waals surface area contributed by atoms with E-state index < -0.39 is 17.1 Å². The van der Waals surface area contributed by atoms with Crippen LogP contribution >= 0.6 is 0 Å². The lowest BCUT2D eigenvalue weighted by molar-refractivity contribution is -0.157. The van der Waals surface area contributed by atoms with Crippen LogP contribution in [0.1, 0.15) is 40.5 Å². The predicted octanol–water partition coefficient (Wildman–Crippen LogP) is 1.52. The van der Waals surface area contributed by atoms with E-state index in [0.29, 0.717) is 19.4 Å². The SMILES string of the molecule is CCC1(C(=O)OC)CN(C(=O)OC(C)(C)C)CCC1N. The fraction of sp³-hybridized carbons (Fsp3) is 0.857. The Hall–Kier alpha value is -1.30. The Morgan fingerprint density at radius 1 is 1.40 bits per heavy atom. The van der Waals surface area contributed by atoms with Crippen molar-refractivity contribution in [2.24, 2.45) is 11.1 Å². The van der Waals surface area contributed by atoms with Crippen molar-refractivity contribution in [1.29, 1.82) is 0 Å². The molecule has 0 saturated carbocycles. The fourth-order valence-electron chi connectivity index (χ4n) is 2.53. The highest BCUT2D eigenvalue weighted by Gasteiger charge is 2.49. The zero-order chi connectivity index (χ0) is 15.6. The smallest absolute Gasteiger partial charge is 0.410 e. The molecule has 6 heteroatoms. The Balaban J connectivity index is 2.89. The monoisotopic (exact) mass is 286 g/mol. The fourth-order valence-corrected chi connectivity index (χ4v) is 2.53. The van der Waals surface area contributed by atoms with E-state index in [1.165, 1.54) is 7.11 Å². The molecule has 0 aromatic heterocycles. The van der Waals surface area contributed by atoms with Gasteiger partial charge in [-0.1, -0.05) is 6.92 Å². The van der Waals surface area contributed by atoms with Gasteiger partial charge < -0.3 is 20.1 Å². The van der Waals surface area contributed by atoms with Gasteiger partial charge in [0, 0.05) is 19.1 Å². The first kappa shape index (κ1) is 16.8. The number of piperidine rings is 1. The van der Waals surface area contributed by atoms with Crippen molar-refractivity contribution in [3.05, 3.63) is 0 Å². The van der Waals surface area contributed by atoms with Crippen LogP contribution in [0.4, 0.5) is 4.79 Å². The number of amides is 1. The Bertz CT molecular complexity index is 378. The van der Waals surface area contributed by atoms with Gasteiger partial charge in [0.15, 0.2) is 0 Å². The van der Waals surface area contributed by atoms with Crippen LogP contribution in [0.3, 0.4) is 0 Å². The number of esters is 1. The molecule has 0 aliphatic carbocycles. The summed E-state index contributed by atoms with van der Waals surface area (Å²) in [6.07, 6.45) is 0.675. The minimum absolute atomic E-state index is 0.242. The topological polar surface area (TPSA) is 81.9 Å². The maximum Gasteiger partial charge on any atom is 0.410 e. The lowest BCUT2D eigenvalue weighted by Gasteiger charge is -2.44. The molecule has 20 heavy (non-hydrogen) atoms. The van der Waals surface area contributed by atoms with E-state index in [4.69, 9.17) is 15.2 Å². The van der Waals surface area contributed by atoms with Crippen LogP contribution in [0.25, 0.3) is 0 Å². The molecule has 2 N–H and O–H groups in total. The molecular weight excluding hydrogens is 260 g/mol. The van der Waals surface area contributed by atoms with Gasteiger partial charge in [0.2, 0.25) is 0 Å². The van der Waals surface area contributed by atoms with E-state index in [-0.39, 0.29) is 18.6 Å². The molecule has 1 aliphatic rings. The first-order valence-corrected chi connectivity index (χ1v) is 6.98. The molecule has 0 radical (unpaired) electrons. The molecule has 0 aromatic carbocycles. The molecule has 0 aromatic rings. The molecule has 2 unspecified atom stereocenters. The van der Waals surface area contributed by atoms with E-state index in [2.05, 4.69) is 0 Å². The van der Waals surface area contributed by atoms with Gasteiger partial charge in [-0.25, -0.2) is 4.79 Å². The Morgan fingerprint density at radius 3 is 2.45 bits per heavy atom. The van der Waals surface area contributed by atoms with Crippen LogP contribution in [0.5, 0.6) is 0 Å². The van der Waals surface area contributed by atoms with Gasteiger partial charge in [0.05, 0.1) is 7.11 Å². The number of ether oxygens (including phenoxy) is 2. The van der Waals surface area contributed by atoms with Crippen molar-refractivity contribution in [3.63, 3.8) is 0 Å². The zero-order valence-corrected chi connectivity index (χ0v) is 13.1. The summed E-state index contributed by atoms with van der Waals surface area (Å²) >= 11 is 0. The molecule has 0 spiro atoms. The lowest BCUT2D eigenvalue weighted by atomic mass is 9.74. The number of nitrogens with zero attached hydrogens (tertiary/aromatic N) is 1. The Kier molecular flexibility index (Phi) is 5.02. The summed E-state index contributed by atoms with van der Waals surface area (Å²) in [5, 5.41) is 0. The van der Waals surface area contributed by atoms with Crippen molar-refractivity contribution in [3.8, 4) is 0 Å². The molecule has 116 valence electrons. The number of nitrogens with two attached hydrogens (primary N) is 1. The molecule has 1 aliphatic heterocycles. The van der Waals surface area contributed by atoms with Gasteiger partial charge in [-0.2, -0.15) is 0 Å². The third-order valence-electron chi connectivity index (χ3n) is 3.77. The molecule has 1 saturated heterocycles. The summed E-state index contributed by atoms with van der Waals surface area (Å²) in [5.74, 6) is -0.360. The molecule has 1 fully saturated rings. The first-order valence-electron chi connectivity index (χ1n) is 6.98. The van der Waals surface area contributed by atoms with Gasteiger partial charge in [0.1, 0.15) is 11.0 Å². The number of hydrogen-bond acceptors (Lipinski definition) is 5. The van der Waals surface area contributed by atoms with Crippen molar-refractivity contribution >= 4 is 12.1 Å². The van der Waals surface area contributed by atoms with Crippen LogP contribution in [0, 0.1) is 5.41 Å². The highest BCUT2D eigenvalue weighted by Crippen LogP contribution is 2.34. The van der Waals surface area contributed by atoms with E-state index in [1.807, 2.05) is 27.7 Å². The van der Waals surface area contributed by atoms with Crippen LogP contribution in [0.15, 0.2) is 0 Å². The summed E-state index contributed by atoms with van der Waals surface area (Å²) in [7, 11) is 1.35. The second kappa shape index (κ2) is 5.99. The van der Waals surface area contributed by atoms with Crippen molar-refractivity contribution in [2.75, 3.05) is 20.2 Å². The van der Waals surface area contributed by atoms with Crippen LogP contribution < -0.4 is 5.73 Å². The van der Waals surface area contributed by atoms with Gasteiger partial charge in [-0.15, -0.1) is 0 Å². The molecule has 1 heterocycles. The zero-order valence-electron chi connectivity index (χ0n) is 13.1. The standard InChI is InChI=1S/C14H26N2O4/c1-6-14(11(17)19-5)9-16(8-7-10(14)15)12(18)20-13(2,3)4/h10H,6-9,15H2,1-5H3. The minimum atomic E-state index is -0.843. The molecule has 1 amide bonds. The Morgan fingerprint density at radius 2 is 2.00 bits per heavy atom. The van der Waals surface area contributed by atoms with Crippen LogP contribution in [0.2, 0.25) is 0 Å². The molecule has 1 rings (SSSR count). The quantitative estimate of drug-likeness (QED) is 0.778. The minimum Gasteiger partial charge on any atom is -0.468 e. The highest BCUT2D eigenvalue weighted by atomic mass is 16.6. The van der Waals surface area contributed by atoms with E-state index >= 15 is 0 Å². The number of carbonyl (C=O) groups excluding carboxylic acids is 2. The van der Waals surface area contributed by atoms with E-state index in [9.17, 15) is 9.59 Å². The maximum absolute atomic E-state index is 12.1. The van der Waals surface area contributed by atoms with Gasteiger partial charge in [-0.05, 0) is 33.6 Å². The number of carbonyl (C=O) groups is 2. The van der Waals surface area contributed by atoms with Gasteiger partial charge >= 0.3 is 12.1 Å². The average molecular weight is 286 g/mol. The Labute approximate surface area is 120 Å². The van der Waals surface area contributed by atoms with Crippen molar-refractivity contribution in [2.45, 2.75) is 52.2 Å². The second-order valence-corrected chi connectivity index (χ2v) is 6.30. The highest BCUT2D eigenvalue weighted by molar-refractivity contribution is 5.79. The second-order valence-electron chi connectivity index (χ2n) is 6.30. The van der Waals surface area contributed by atoms with Gasteiger partial charge in [0.25, 0.3) is 0 Å². The van der Waals surface area contributed by atoms with Crippen molar-refractivity contribution in [1.82, 2.24) is 4.90 Å². The van der Waals surface area contributed by atoms with Crippen LogP contribution in [-0.2, 0) is 14.3 Å². The predicted molar refractivity (Wildman–Crippen MR) is 75.1 cm³/mol. The number of rotatable bonds is 2. The molecule has 6 nitrogen and oxygen atoms in total. The number of likely N-dealkylation sites (tertiary alicyclic amines) is 1. The largest absolute Gasteiger partial charge is 0.468 e. The third-order valence-corrected chi connectivity index (χ3v) is 3.77. The van der Waals surface area contributed by atoms with Gasteiger partial charge in [-0.3, -0.25) is 4.79 Å². The summed E-state index contributed by atoms with van der Waals surface area (Å²) in [5.41, 5.74) is 4.71. The molecule has 0 bridgehead atoms. The summed E-state index contributed by atoms with van der Waals surface area (Å²) in [6.45, 7) is 8.06. The summed E-state index contributed by atoms with van der Waals surface area (Å²) in [6, 6.07) is -0.307. The van der Waals surface area contributed by atoms with Crippen LogP contribution in [-0.4, -0.2) is 48.8 Å². The first-order chi connectivity index (χ1) is 9.16. The maximum atomic E-state index is 12.1. The average Bonchev–Trinajstić information content (AvgIpc) is 2.36. The summed E-state index contributed by atoms with van der Waals surface area (Å²) in [4.78, 5) is 25.8. The normalized spacial score (nSPS) is 27.1. The van der Waals surface area contributed by atoms with E-state index in [1.54, 1.807) is 4.90 Å². The van der Waals surface area contributed by atoms with E-state index in [0.717, 1.165) is 0 Å². The molecule has 2 atom stereocenters. The number of methoxy groups -OCH3 is 1. The lowest BCUT2D eigenvalue weighted by Crippen LogP contribution is -2.60. The third kappa shape index (κ3) is 3.42. The van der Waals surface area contributed by atoms with Crippen molar-refractivity contribution < 1.29 is 19.1 Å². The summed E-state index contributed by atoms with van der Waals surface area (Å²) < 4.78 is 10.2. The molecular formula is C14H26N2O4.